The lowest BCUT2D eigenvalue weighted by molar-refractivity contribution is 0.593. The highest BCUT2D eigenvalue weighted by molar-refractivity contribution is 7.90. The Morgan fingerprint density at radius 2 is 1.95 bits per heavy atom. The number of hydrogen-bond acceptors (Lipinski definition) is 6. The largest absolute Gasteiger partial charge is 0.353 e. The molecule has 7 heteroatoms. The molecule has 19 heavy (non-hydrogen) atoms. The molecule has 0 fully saturated rings. The smallest absolute Gasteiger partial charge is 0.204 e. The molecule has 0 N–H and O–H groups in total. The van der Waals surface area contributed by atoms with Crippen molar-refractivity contribution < 1.29 is 8.42 Å². The van der Waals surface area contributed by atoms with E-state index >= 15 is 0 Å². The Labute approximate surface area is 117 Å². The number of aromatic nitrogens is 2. The molecule has 0 atom stereocenters. The molecule has 0 aliphatic heterocycles. The van der Waals surface area contributed by atoms with Crippen LogP contribution in [0, 0.1) is 6.92 Å². The molecule has 0 spiro atoms. The fraction of sp³-hybridized carbons (Fsp3) is 0.333. The average molecular weight is 297 g/mol. The van der Waals surface area contributed by atoms with Crippen molar-refractivity contribution in [3.63, 3.8) is 0 Å². The number of anilines is 1. The van der Waals surface area contributed by atoms with Crippen LogP contribution in [0.2, 0.25) is 0 Å². The van der Waals surface area contributed by atoms with Gasteiger partial charge >= 0.3 is 0 Å². The molecular formula is C12H15N3O2S2. The highest BCUT2D eigenvalue weighted by Gasteiger charge is 2.20. The quantitative estimate of drug-likeness (QED) is 0.862. The van der Waals surface area contributed by atoms with Crippen molar-refractivity contribution in [2.45, 2.75) is 17.6 Å². The Morgan fingerprint density at radius 3 is 2.53 bits per heavy atom. The molecule has 2 rings (SSSR count). The number of benzene rings is 1. The summed E-state index contributed by atoms with van der Waals surface area (Å²) < 4.78 is 28.7. The predicted octanol–water partition coefficient (Wildman–Crippen LogP) is 1.89. The lowest BCUT2D eigenvalue weighted by Crippen LogP contribution is -2.10. The molecule has 0 amide bonds. The zero-order valence-corrected chi connectivity index (χ0v) is 12.6. The summed E-state index contributed by atoms with van der Waals surface area (Å²) in [6.07, 6.45) is 0. The van der Waals surface area contributed by atoms with Crippen LogP contribution in [0.15, 0.2) is 29.2 Å². The van der Waals surface area contributed by atoms with Crippen molar-refractivity contribution in [3.05, 3.63) is 35.7 Å². The van der Waals surface area contributed by atoms with Crippen LogP contribution < -0.4 is 4.90 Å². The summed E-state index contributed by atoms with van der Waals surface area (Å²) >= 11 is 1.20. The van der Waals surface area contributed by atoms with E-state index in [0.29, 0.717) is 15.9 Å². The fourth-order valence-electron chi connectivity index (χ4n) is 1.64. The van der Waals surface area contributed by atoms with Gasteiger partial charge in [-0.2, -0.15) is 4.37 Å². The summed E-state index contributed by atoms with van der Waals surface area (Å²) in [5, 5.41) is 0.704. The maximum Gasteiger partial charge on any atom is 0.204 e. The summed E-state index contributed by atoms with van der Waals surface area (Å²) in [6.45, 7) is 1.78. The minimum absolute atomic E-state index is 0.164. The molecule has 5 nitrogen and oxygen atoms in total. The third-order valence-electron chi connectivity index (χ3n) is 2.59. The molecule has 0 unspecified atom stereocenters. The van der Waals surface area contributed by atoms with Crippen LogP contribution in [0.25, 0.3) is 0 Å². The van der Waals surface area contributed by atoms with Gasteiger partial charge in [-0.1, -0.05) is 18.2 Å². The minimum Gasteiger partial charge on any atom is -0.353 e. The molecule has 102 valence electrons. The van der Waals surface area contributed by atoms with E-state index < -0.39 is 9.84 Å². The van der Waals surface area contributed by atoms with Gasteiger partial charge in [0, 0.05) is 25.6 Å². The average Bonchev–Trinajstić information content (AvgIpc) is 2.77. The SMILES string of the molecule is Cc1ccccc1S(=O)(=O)Cc1nsc(N(C)C)n1. The molecule has 0 bridgehead atoms. The lowest BCUT2D eigenvalue weighted by atomic mass is 10.2. The van der Waals surface area contributed by atoms with E-state index in [-0.39, 0.29) is 5.75 Å². The third kappa shape index (κ3) is 3.10. The Morgan fingerprint density at radius 1 is 1.26 bits per heavy atom. The number of nitrogens with zero attached hydrogens (tertiary/aromatic N) is 3. The first-order valence-electron chi connectivity index (χ1n) is 5.68. The molecule has 2 aromatic rings. The molecule has 0 radical (unpaired) electrons. The van der Waals surface area contributed by atoms with Gasteiger partial charge in [0.25, 0.3) is 0 Å². The van der Waals surface area contributed by atoms with E-state index in [9.17, 15) is 8.42 Å². The second-order valence-corrected chi connectivity index (χ2v) is 7.10. The second-order valence-electron chi connectivity index (χ2n) is 4.41. The van der Waals surface area contributed by atoms with E-state index in [1.807, 2.05) is 25.1 Å². The van der Waals surface area contributed by atoms with Crippen molar-refractivity contribution in [1.82, 2.24) is 9.36 Å². The van der Waals surface area contributed by atoms with Gasteiger partial charge in [0.15, 0.2) is 15.7 Å². The zero-order chi connectivity index (χ0) is 14.0. The van der Waals surface area contributed by atoms with Gasteiger partial charge in [0.05, 0.1) is 4.90 Å². The van der Waals surface area contributed by atoms with Gasteiger partial charge in [-0.05, 0) is 18.6 Å². The van der Waals surface area contributed by atoms with E-state index in [1.54, 1.807) is 25.1 Å². The summed E-state index contributed by atoms with van der Waals surface area (Å²) in [5.41, 5.74) is 0.741. The maximum atomic E-state index is 12.3. The van der Waals surface area contributed by atoms with Crippen LogP contribution >= 0.6 is 11.5 Å². The second kappa shape index (κ2) is 5.26. The number of aryl methyl sites for hydroxylation is 1. The van der Waals surface area contributed by atoms with E-state index in [4.69, 9.17) is 0 Å². The minimum atomic E-state index is -3.39. The van der Waals surface area contributed by atoms with Crippen molar-refractivity contribution in [2.75, 3.05) is 19.0 Å². The normalized spacial score (nSPS) is 11.5. The van der Waals surface area contributed by atoms with Crippen molar-refractivity contribution in [1.29, 1.82) is 0 Å². The van der Waals surface area contributed by atoms with Crippen molar-refractivity contribution in [3.8, 4) is 0 Å². The fourth-order valence-corrected chi connectivity index (χ4v) is 3.79. The van der Waals surface area contributed by atoms with Gasteiger partial charge < -0.3 is 4.90 Å². The molecule has 1 aromatic heterocycles. The van der Waals surface area contributed by atoms with Crippen molar-refractivity contribution >= 4 is 26.5 Å². The summed E-state index contributed by atoms with van der Waals surface area (Å²) in [5.74, 6) is 0.180. The Kier molecular flexibility index (Phi) is 3.86. The van der Waals surface area contributed by atoms with E-state index in [2.05, 4.69) is 9.36 Å². The maximum absolute atomic E-state index is 12.3. The van der Waals surface area contributed by atoms with Crippen LogP contribution in [0.3, 0.4) is 0 Å². The molecule has 1 heterocycles. The van der Waals surface area contributed by atoms with Gasteiger partial charge in [-0.3, -0.25) is 0 Å². The Bertz CT molecular complexity index is 678. The Balaban J connectivity index is 2.29. The highest BCUT2D eigenvalue weighted by atomic mass is 32.2. The molecule has 0 aliphatic carbocycles. The van der Waals surface area contributed by atoms with E-state index in [0.717, 1.165) is 5.56 Å². The van der Waals surface area contributed by atoms with Gasteiger partial charge in [0.1, 0.15) is 5.75 Å². The molecule has 0 saturated heterocycles. The summed E-state index contributed by atoms with van der Waals surface area (Å²) in [4.78, 5) is 6.36. The van der Waals surface area contributed by atoms with Crippen LogP contribution in [-0.2, 0) is 15.6 Å². The van der Waals surface area contributed by atoms with Crippen LogP contribution in [0.4, 0.5) is 5.13 Å². The summed E-state index contributed by atoms with van der Waals surface area (Å²) in [7, 11) is 0.301. The first-order chi connectivity index (χ1) is 8.90. The molecule has 0 aliphatic rings. The summed E-state index contributed by atoms with van der Waals surface area (Å²) in [6, 6.07) is 6.94. The highest BCUT2D eigenvalue weighted by Crippen LogP contribution is 2.21. The van der Waals surface area contributed by atoms with Crippen LogP contribution in [0.1, 0.15) is 11.4 Å². The van der Waals surface area contributed by atoms with Gasteiger partial charge in [-0.25, -0.2) is 13.4 Å². The number of hydrogen-bond donors (Lipinski definition) is 0. The molecular weight excluding hydrogens is 282 g/mol. The van der Waals surface area contributed by atoms with Crippen LogP contribution in [0.5, 0.6) is 0 Å². The molecule has 1 aromatic carbocycles. The first kappa shape index (κ1) is 14.0. The third-order valence-corrected chi connectivity index (χ3v) is 5.28. The monoisotopic (exact) mass is 297 g/mol. The zero-order valence-electron chi connectivity index (χ0n) is 11.0. The van der Waals surface area contributed by atoms with Crippen LogP contribution in [-0.4, -0.2) is 31.9 Å². The van der Waals surface area contributed by atoms with Gasteiger partial charge in [0.2, 0.25) is 5.13 Å². The topological polar surface area (TPSA) is 63.2 Å². The molecule has 0 saturated carbocycles. The number of rotatable bonds is 4. The van der Waals surface area contributed by atoms with E-state index in [1.165, 1.54) is 11.5 Å². The predicted molar refractivity (Wildman–Crippen MR) is 76.3 cm³/mol. The number of sulfone groups is 1. The lowest BCUT2D eigenvalue weighted by Gasteiger charge is -2.06. The first-order valence-corrected chi connectivity index (χ1v) is 8.11. The Hall–Kier alpha value is -1.47. The van der Waals surface area contributed by atoms with Gasteiger partial charge in [-0.15, -0.1) is 0 Å². The van der Waals surface area contributed by atoms with Crippen molar-refractivity contribution in [2.24, 2.45) is 0 Å². The standard InChI is InChI=1S/C12H15N3O2S2/c1-9-6-4-5-7-10(9)19(16,17)8-11-13-12(15(2)3)18-14-11/h4-7H,8H2,1-3H3.